The molecule has 1 aliphatic heterocycles. The van der Waals surface area contributed by atoms with Gasteiger partial charge in [-0.15, -0.1) is 6.58 Å². The van der Waals surface area contributed by atoms with Gasteiger partial charge in [0.05, 0.1) is 11.3 Å². The fraction of sp³-hybridized carbons (Fsp3) is 0.231. The van der Waals surface area contributed by atoms with Crippen LogP contribution in [0.1, 0.15) is 23.2 Å². The molecule has 0 fully saturated rings. The molecule has 0 aliphatic carbocycles. The highest BCUT2D eigenvalue weighted by Gasteiger charge is 2.36. The Morgan fingerprint density at radius 3 is 2.82 bits per heavy atom. The van der Waals surface area contributed by atoms with Crippen molar-refractivity contribution in [3.8, 4) is 0 Å². The molecule has 1 amide bonds. The summed E-state index contributed by atoms with van der Waals surface area (Å²) in [4.78, 5) is 25.2. The minimum Gasteiger partial charge on any atom is -0.305 e. The molecule has 1 aromatic rings. The van der Waals surface area contributed by atoms with Crippen LogP contribution in [0.15, 0.2) is 35.3 Å². The predicted molar refractivity (Wildman–Crippen MR) is 70.3 cm³/mol. The topological polar surface area (TPSA) is 37.4 Å². The van der Waals surface area contributed by atoms with Gasteiger partial charge in [-0.05, 0) is 40.9 Å². The maximum absolute atomic E-state index is 11.8. The normalized spacial score (nSPS) is 14.1. The summed E-state index contributed by atoms with van der Waals surface area (Å²) in [6.45, 7) is 4.19. The van der Waals surface area contributed by atoms with E-state index >= 15 is 0 Å². The van der Waals surface area contributed by atoms with Gasteiger partial charge in [-0.2, -0.15) is 0 Å². The van der Waals surface area contributed by atoms with Gasteiger partial charge in [0.15, 0.2) is 0 Å². The number of Topliss-reactive ketones (excluding diaryl/α,β-unsaturated/α-hetero) is 1. The standard InChI is InChI=1S/C13H12BrNO2/c1-2-3-4-8-15-10-7-5-6-9(14)11(10)12(16)13(15)17/h2,5-7H,1,3-4,8H2. The van der Waals surface area contributed by atoms with E-state index in [-0.39, 0.29) is 0 Å². The number of benzene rings is 1. The van der Waals surface area contributed by atoms with Crippen LogP contribution in [-0.2, 0) is 4.79 Å². The number of hydrogen-bond donors (Lipinski definition) is 0. The average Bonchev–Trinajstić information content (AvgIpc) is 2.55. The van der Waals surface area contributed by atoms with Crippen LogP contribution in [0, 0.1) is 0 Å². The van der Waals surface area contributed by atoms with Crippen LogP contribution in [0.4, 0.5) is 5.69 Å². The second-order valence-corrected chi connectivity index (χ2v) is 4.71. The van der Waals surface area contributed by atoms with Crippen LogP contribution in [0.3, 0.4) is 0 Å². The third-order valence-electron chi connectivity index (χ3n) is 2.74. The van der Waals surface area contributed by atoms with E-state index in [0.717, 1.165) is 12.8 Å². The number of hydrogen-bond acceptors (Lipinski definition) is 2. The number of fused-ring (bicyclic) bond motifs is 1. The number of carbonyl (C=O) groups excluding carboxylic acids is 2. The van der Waals surface area contributed by atoms with E-state index in [1.165, 1.54) is 0 Å². The highest BCUT2D eigenvalue weighted by Crippen LogP contribution is 2.34. The zero-order valence-corrected chi connectivity index (χ0v) is 10.9. The van der Waals surface area contributed by atoms with Crippen LogP contribution in [0.5, 0.6) is 0 Å². The molecule has 0 saturated heterocycles. The van der Waals surface area contributed by atoms with E-state index in [9.17, 15) is 9.59 Å². The van der Waals surface area contributed by atoms with E-state index in [0.29, 0.717) is 22.3 Å². The third-order valence-corrected chi connectivity index (χ3v) is 3.40. The van der Waals surface area contributed by atoms with E-state index in [2.05, 4.69) is 22.5 Å². The smallest absolute Gasteiger partial charge is 0.299 e. The van der Waals surface area contributed by atoms with Gasteiger partial charge in [-0.3, -0.25) is 9.59 Å². The van der Waals surface area contributed by atoms with Crippen molar-refractivity contribution < 1.29 is 9.59 Å². The molecule has 0 spiro atoms. The SMILES string of the molecule is C=CCCCN1C(=O)C(=O)c2c(Br)cccc21. The maximum Gasteiger partial charge on any atom is 0.299 e. The molecule has 0 aromatic heterocycles. The van der Waals surface area contributed by atoms with Crippen LogP contribution >= 0.6 is 15.9 Å². The summed E-state index contributed by atoms with van der Waals surface area (Å²) in [5.41, 5.74) is 1.19. The number of anilines is 1. The predicted octanol–water partition coefficient (Wildman–Crippen LogP) is 2.94. The Morgan fingerprint density at radius 1 is 1.35 bits per heavy atom. The van der Waals surface area contributed by atoms with Crippen molar-refractivity contribution >= 4 is 33.3 Å². The Hall–Kier alpha value is -1.42. The molecule has 4 heteroatoms. The first-order chi connectivity index (χ1) is 8.16. The molecule has 0 saturated carbocycles. The first-order valence-electron chi connectivity index (χ1n) is 5.42. The van der Waals surface area contributed by atoms with E-state index in [1.807, 2.05) is 12.1 Å². The number of unbranched alkanes of at least 4 members (excludes halogenated alkanes) is 1. The first kappa shape index (κ1) is 12.0. The van der Waals surface area contributed by atoms with Gasteiger partial charge in [0.25, 0.3) is 11.7 Å². The zero-order valence-electron chi connectivity index (χ0n) is 9.28. The van der Waals surface area contributed by atoms with Gasteiger partial charge in [0.2, 0.25) is 0 Å². The van der Waals surface area contributed by atoms with Crippen molar-refractivity contribution in [2.45, 2.75) is 12.8 Å². The highest BCUT2D eigenvalue weighted by molar-refractivity contribution is 9.10. The van der Waals surface area contributed by atoms with Crippen LogP contribution in [-0.4, -0.2) is 18.2 Å². The largest absolute Gasteiger partial charge is 0.305 e. The van der Waals surface area contributed by atoms with E-state index in [1.54, 1.807) is 17.0 Å². The molecule has 0 radical (unpaired) electrons. The second kappa shape index (κ2) is 4.84. The molecule has 88 valence electrons. The Bertz CT molecular complexity index is 496. The fourth-order valence-electron chi connectivity index (χ4n) is 1.92. The molecular formula is C13H12BrNO2. The highest BCUT2D eigenvalue weighted by atomic mass is 79.9. The van der Waals surface area contributed by atoms with Crippen molar-refractivity contribution in [1.82, 2.24) is 0 Å². The minimum atomic E-state index is -0.434. The number of allylic oxidation sites excluding steroid dienone is 1. The molecule has 0 N–H and O–H groups in total. The molecule has 0 unspecified atom stereocenters. The van der Waals surface area contributed by atoms with Gasteiger partial charge in [-0.25, -0.2) is 0 Å². The van der Waals surface area contributed by atoms with Gasteiger partial charge in [-0.1, -0.05) is 12.1 Å². The zero-order chi connectivity index (χ0) is 12.4. The lowest BCUT2D eigenvalue weighted by atomic mass is 10.1. The summed E-state index contributed by atoms with van der Waals surface area (Å²) in [5, 5.41) is 0. The Balaban J connectivity index is 2.31. The number of rotatable bonds is 4. The van der Waals surface area contributed by atoms with Gasteiger partial charge in [0.1, 0.15) is 0 Å². The van der Waals surface area contributed by atoms with Gasteiger partial charge >= 0.3 is 0 Å². The van der Waals surface area contributed by atoms with Crippen LogP contribution < -0.4 is 4.90 Å². The second-order valence-electron chi connectivity index (χ2n) is 3.85. The number of amides is 1. The van der Waals surface area contributed by atoms with E-state index in [4.69, 9.17) is 0 Å². The van der Waals surface area contributed by atoms with Gasteiger partial charge in [0, 0.05) is 11.0 Å². The molecule has 1 aliphatic rings. The molecular weight excluding hydrogens is 282 g/mol. The minimum absolute atomic E-state index is 0.425. The quantitative estimate of drug-likeness (QED) is 0.486. The first-order valence-corrected chi connectivity index (χ1v) is 6.21. The Labute approximate surface area is 108 Å². The fourth-order valence-corrected chi connectivity index (χ4v) is 2.45. The monoisotopic (exact) mass is 293 g/mol. The number of halogens is 1. The molecule has 1 aromatic carbocycles. The maximum atomic E-state index is 11.8. The summed E-state index contributed by atoms with van der Waals surface area (Å²) >= 11 is 3.31. The molecule has 1 heterocycles. The van der Waals surface area contributed by atoms with Crippen molar-refractivity contribution in [3.05, 3.63) is 40.9 Å². The van der Waals surface area contributed by atoms with Crippen molar-refractivity contribution in [2.75, 3.05) is 11.4 Å². The van der Waals surface area contributed by atoms with Crippen molar-refractivity contribution in [2.24, 2.45) is 0 Å². The third kappa shape index (κ3) is 2.05. The summed E-state index contributed by atoms with van der Waals surface area (Å²) in [5.74, 6) is -0.859. The average molecular weight is 294 g/mol. The summed E-state index contributed by atoms with van der Waals surface area (Å²) in [6.07, 6.45) is 3.46. The Morgan fingerprint density at radius 2 is 2.12 bits per heavy atom. The lowest BCUT2D eigenvalue weighted by Crippen LogP contribution is -2.30. The number of ketones is 1. The molecule has 2 rings (SSSR count). The van der Waals surface area contributed by atoms with Gasteiger partial charge < -0.3 is 4.90 Å². The Kier molecular flexibility index (Phi) is 3.43. The molecule has 0 atom stereocenters. The lowest BCUT2D eigenvalue weighted by molar-refractivity contribution is -0.114. The van der Waals surface area contributed by atoms with Crippen molar-refractivity contribution in [1.29, 1.82) is 0 Å². The van der Waals surface area contributed by atoms with Crippen LogP contribution in [0.25, 0.3) is 0 Å². The summed E-state index contributed by atoms with van der Waals surface area (Å²) in [6, 6.07) is 5.41. The van der Waals surface area contributed by atoms with Crippen molar-refractivity contribution in [3.63, 3.8) is 0 Å². The molecule has 17 heavy (non-hydrogen) atoms. The molecule has 0 bridgehead atoms. The number of nitrogens with zero attached hydrogens (tertiary/aromatic N) is 1. The number of carbonyl (C=O) groups is 2. The van der Waals surface area contributed by atoms with Crippen LogP contribution in [0.2, 0.25) is 0 Å². The van der Waals surface area contributed by atoms with E-state index < -0.39 is 11.7 Å². The summed E-state index contributed by atoms with van der Waals surface area (Å²) < 4.78 is 0.680. The lowest BCUT2D eigenvalue weighted by Gasteiger charge is -2.15. The summed E-state index contributed by atoms with van der Waals surface area (Å²) in [7, 11) is 0. The molecule has 3 nitrogen and oxygen atoms in total.